The van der Waals surface area contributed by atoms with Crippen molar-refractivity contribution >= 4 is 62.4 Å². The molecule has 3 aromatic heterocycles. The van der Waals surface area contributed by atoms with Gasteiger partial charge in [-0.25, -0.2) is 14.8 Å². The molecule has 0 saturated heterocycles. The maximum absolute atomic E-state index is 12.6. The van der Waals surface area contributed by atoms with E-state index in [1.165, 1.54) is 0 Å². The first-order valence-corrected chi connectivity index (χ1v) is 14.2. The van der Waals surface area contributed by atoms with E-state index in [4.69, 9.17) is 19.9 Å². The number of carboxylic acids is 2. The first-order valence-electron chi connectivity index (χ1n) is 14.2. The molecule has 0 fully saturated rings. The summed E-state index contributed by atoms with van der Waals surface area (Å²) in [4.78, 5) is 44.5. The zero-order valence-corrected chi connectivity index (χ0v) is 26.3. The predicted molar refractivity (Wildman–Crippen MR) is 167 cm³/mol. The first-order chi connectivity index (χ1) is 20.0. The summed E-state index contributed by atoms with van der Waals surface area (Å²) >= 11 is 0. The van der Waals surface area contributed by atoms with Crippen molar-refractivity contribution in [3.8, 4) is 0 Å². The summed E-state index contributed by atoms with van der Waals surface area (Å²) in [5.74, 6) is -2.26. The second-order valence-corrected chi connectivity index (χ2v) is 10.8. The number of nitrogens with zero attached hydrogens (tertiary/aromatic N) is 4. The average molecular weight is 619 g/mol. The topological polar surface area (TPSA) is 129 Å². The van der Waals surface area contributed by atoms with Crippen molar-refractivity contribution in [2.45, 2.75) is 67.2 Å². The van der Waals surface area contributed by atoms with Crippen LogP contribution in [0.1, 0.15) is 102 Å². The molecule has 3 aromatic rings. The molecule has 8 nitrogen and oxygen atoms in total. The van der Waals surface area contributed by atoms with Gasteiger partial charge in [-0.3, -0.25) is 4.79 Å². The van der Waals surface area contributed by atoms with Crippen LogP contribution in [-0.2, 0) is 28.3 Å². The molecule has 0 aromatic carbocycles. The quantitative estimate of drug-likeness (QED) is 0.266. The molecular weight excluding hydrogens is 584 g/mol. The van der Waals surface area contributed by atoms with E-state index in [9.17, 15) is 19.8 Å². The van der Waals surface area contributed by atoms with Crippen molar-refractivity contribution in [2.75, 3.05) is 0 Å². The van der Waals surface area contributed by atoms with Crippen molar-refractivity contribution < 1.29 is 36.9 Å². The van der Waals surface area contributed by atoms with Gasteiger partial charge >= 0.3 is 29.0 Å². The molecule has 8 bridgehead atoms. The fourth-order valence-corrected chi connectivity index (χ4v) is 6.00. The Morgan fingerprint density at radius 2 is 1.47 bits per heavy atom. The summed E-state index contributed by atoms with van der Waals surface area (Å²) in [6, 6.07) is 5.69. The summed E-state index contributed by atoms with van der Waals surface area (Å²) in [6.45, 7) is 15.8. The van der Waals surface area contributed by atoms with Crippen LogP contribution in [0.5, 0.6) is 0 Å². The van der Waals surface area contributed by atoms with Crippen molar-refractivity contribution in [1.82, 2.24) is 19.9 Å². The second kappa shape index (κ2) is 12.2. The molecule has 2 N–H and O–H groups in total. The number of aromatic nitrogens is 4. The van der Waals surface area contributed by atoms with Crippen LogP contribution in [0.4, 0.5) is 0 Å². The monoisotopic (exact) mass is 618 g/mol. The third-order valence-electron chi connectivity index (χ3n) is 8.27. The number of fused-ring (bicyclic) bond motifs is 8. The summed E-state index contributed by atoms with van der Waals surface area (Å²) < 4.78 is 0. The van der Waals surface area contributed by atoms with E-state index in [-0.39, 0.29) is 33.7 Å². The van der Waals surface area contributed by atoms with Gasteiger partial charge in [0.15, 0.2) is 0 Å². The Hall–Kier alpha value is -4.20. The van der Waals surface area contributed by atoms with Gasteiger partial charge in [0.2, 0.25) is 0 Å². The molecule has 222 valence electrons. The number of aliphatic carboxylic acids is 1. The number of rotatable bonds is 7. The molecule has 5 heterocycles. The van der Waals surface area contributed by atoms with Gasteiger partial charge in [0.05, 0.1) is 29.2 Å². The molecule has 5 rings (SSSR count). The molecule has 2 aliphatic rings. The summed E-state index contributed by atoms with van der Waals surface area (Å²) in [6.07, 6.45) is 3.54. The van der Waals surface area contributed by atoms with Crippen LogP contribution in [-0.4, -0.2) is 32.1 Å². The van der Waals surface area contributed by atoms with Crippen molar-refractivity contribution in [1.29, 1.82) is 0 Å². The SMILES string of the molecule is C=Cc1c(C)c2cc3nc(c(CC(=O)O)c4[n-]c(cc5nc(cc1[n-]2)C(C)=C5CC)c(C)c4C(=O)O)C(CCC)=C3C.[Fe+2]. The fourth-order valence-electron chi connectivity index (χ4n) is 6.00. The molecular formula is C34H34FeN4O4. The number of aryl methyl sites for hydroxylation is 2. The number of allylic oxidation sites excluding steroid dienone is 4. The van der Waals surface area contributed by atoms with E-state index < -0.39 is 18.4 Å². The van der Waals surface area contributed by atoms with Crippen molar-refractivity contribution in [3.63, 3.8) is 0 Å². The molecule has 0 saturated carbocycles. The van der Waals surface area contributed by atoms with E-state index in [0.717, 1.165) is 56.6 Å². The molecule has 0 aliphatic carbocycles. The summed E-state index contributed by atoms with van der Waals surface area (Å²) in [5.41, 5.74) is 11.1. The fraction of sp³-hybridized carbons (Fsp3) is 0.294. The molecule has 9 heteroatoms. The van der Waals surface area contributed by atoms with Crippen LogP contribution >= 0.6 is 0 Å². The summed E-state index contributed by atoms with van der Waals surface area (Å²) in [5, 5.41) is 20.3. The predicted octanol–water partition coefficient (Wildman–Crippen LogP) is 7.23. The molecule has 0 radical (unpaired) electrons. The smallest absolute Gasteiger partial charge is 0.657 e. The molecule has 2 aliphatic heterocycles. The van der Waals surface area contributed by atoms with E-state index in [1.54, 1.807) is 19.1 Å². The number of hydrogen-bond acceptors (Lipinski definition) is 4. The van der Waals surface area contributed by atoms with Crippen molar-refractivity contribution in [3.05, 3.63) is 75.4 Å². The zero-order valence-electron chi connectivity index (χ0n) is 25.2. The van der Waals surface area contributed by atoms with Gasteiger partial charge in [0.25, 0.3) is 0 Å². The van der Waals surface area contributed by atoms with Crippen LogP contribution in [0.3, 0.4) is 0 Å². The van der Waals surface area contributed by atoms with E-state index in [2.05, 4.69) is 13.5 Å². The Kier molecular flexibility index (Phi) is 9.00. The van der Waals surface area contributed by atoms with Gasteiger partial charge in [0, 0.05) is 5.56 Å². The Labute approximate surface area is 261 Å². The van der Waals surface area contributed by atoms with Gasteiger partial charge in [-0.05, 0) is 74.0 Å². The molecule has 0 spiro atoms. The van der Waals surface area contributed by atoms with Gasteiger partial charge in [-0.1, -0.05) is 62.2 Å². The van der Waals surface area contributed by atoms with Gasteiger partial charge in [0.1, 0.15) is 0 Å². The molecule has 0 unspecified atom stereocenters. The van der Waals surface area contributed by atoms with Crippen molar-refractivity contribution in [2.24, 2.45) is 0 Å². The minimum atomic E-state index is -1.17. The molecule has 43 heavy (non-hydrogen) atoms. The number of carbonyl (C=O) groups is 2. The van der Waals surface area contributed by atoms with Crippen LogP contribution in [0.2, 0.25) is 0 Å². The Morgan fingerprint density at radius 1 is 0.860 bits per heavy atom. The normalized spacial score (nSPS) is 12.9. The van der Waals surface area contributed by atoms with Gasteiger partial charge in [-0.15, -0.1) is 22.1 Å². The Morgan fingerprint density at radius 3 is 2.07 bits per heavy atom. The van der Waals surface area contributed by atoms with Crippen LogP contribution < -0.4 is 9.97 Å². The maximum Gasteiger partial charge on any atom is 2.00 e. The van der Waals surface area contributed by atoms with Crippen LogP contribution in [0, 0.1) is 13.8 Å². The molecule has 0 atom stereocenters. The standard InChI is InChI=1S/C34H36N4O4.Fe/c1-8-11-22-18(6)26-13-24-16(4)20(9-2)28(35-24)14-25-17(5)21(10-3)29(36-25)15-27-19(7)31(34(41)42)33(38-27)23(12-30(39)40)32(22)37-26;/h9,13-15H,2,8,10-12H2,1,3-7H3,(H4,35,36,37,38,39,40,41,42);/q;+2/p-2. The minimum absolute atomic E-state index is 0. The first kappa shape index (κ1) is 31.7. The largest absolute Gasteiger partial charge is 2.00 e. The second-order valence-electron chi connectivity index (χ2n) is 10.8. The number of aromatic carboxylic acids is 1. The van der Waals surface area contributed by atoms with Crippen LogP contribution in [0.15, 0.2) is 24.8 Å². The third kappa shape index (κ3) is 5.39. The number of hydrogen-bond donors (Lipinski definition) is 2. The van der Waals surface area contributed by atoms with E-state index in [0.29, 0.717) is 41.0 Å². The van der Waals surface area contributed by atoms with E-state index in [1.807, 2.05) is 39.8 Å². The van der Waals surface area contributed by atoms with E-state index >= 15 is 0 Å². The van der Waals surface area contributed by atoms with Crippen LogP contribution in [0.25, 0.3) is 50.4 Å². The molecule has 0 amide bonds. The Bertz CT molecular complexity index is 1920. The van der Waals surface area contributed by atoms with Gasteiger partial charge < -0.3 is 20.2 Å². The third-order valence-corrected chi connectivity index (χ3v) is 8.27. The Balaban J connectivity index is 0.00000423. The minimum Gasteiger partial charge on any atom is -0.657 e. The number of carboxylic acid groups (broad SMARTS) is 2. The average Bonchev–Trinajstić information content (AvgIpc) is 3.61. The maximum atomic E-state index is 12.6. The summed E-state index contributed by atoms with van der Waals surface area (Å²) in [7, 11) is 0. The zero-order chi connectivity index (χ0) is 30.5. The van der Waals surface area contributed by atoms with Gasteiger partial charge in [-0.2, -0.15) is 0 Å².